The quantitative estimate of drug-likeness (QED) is 0.0420. The number of aliphatic hydroxyl groups is 2. The third kappa shape index (κ3) is 55.8. The maximum absolute atomic E-state index is 12.5. The molecule has 4 nitrogen and oxygen atoms in total. The van der Waals surface area contributed by atoms with Crippen LogP contribution in [0.2, 0.25) is 0 Å². The summed E-state index contributed by atoms with van der Waals surface area (Å²) in [5, 5.41) is 23.3. The van der Waals surface area contributed by atoms with Gasteiger partial charge in [-0.2, -0.15) is 0 Å². The molecule has 0 spiro atoms. The van der Waals surface area contributed by atoms with Crippen molar-refractivity contribution >= 4 is 5.91 Å². The minimum absolute atomic E-state index is 0.0345. The average molecular weight is 957 g/mol. The van der Waals surface area contributed by atoms with Crippen molar-refractivity contribution in [2.75, 3.05) is 6.61 Å². The van der Waals surface area contributed by atoms with Gasteiger partial charge in [-0.15, -0.1) is 0 Å². The Morgan fingerprint density at radius 3 is 0.957 bits per heavy atom. The van der Waals surface area contributed by atoms with E-state index in [2.05, 4.69) is 129 Å². The van der Waals surface area contributed by atoms with E-state index in [1.165, 1.54) is 167 Å². The number of unbranched alkanes of at least 4 members (excludes halogenated alkanes) is 28. The fraction of sp³-hybridized carbons (Fsp3) is 0.708. The molecule has 0 saturated carbocycles. The van der Waals surface area contributed by atoms with Crippen LogP contribution in [-0.4, -0.2) is 34.9 Å². The van der Waals surface area contributed by atoms with Crippen LogP contribution in [0.4, 0.5) is 0 Å². The lowest BCUT2D eigenvalue weighted by Gasteiger charge is -2.22. The van der Waals surface area contributed by atoms with Crippen LogP contribution in [-0.2, 0) is 4.79 Å². The molecular weight excluding hydrogens is 843 g/mol. The van der Waals surface area contributed by atoms with E-state index in [1.54, 1.807) is 0 Å². The summed E-state index contributed by atoms with van der Waals surface area (Å²) in [5.74, 6) is -0.0345. The van der Waals surface area contributed by atoms with Crippen LogP contribution >= 0.6 is 0 Å². The molecule has 2 atom stereocenters. The Balaban J connectivity index is 3.53. The van der Waals surface area contributed by atoms with E-state index in [9.17, 15) is 15.0 Å². The van der Waals surface area contributed by atoms with Crippen LogP contribution in [0.15, 0.2) is 109 Å². The topological polar surface area (TPSA) is 69.6 Å². The van der Waals surface area contributed by atoms with Crippen LogP contribution < -0.4 is 5.32 Å². The molecule has 0 fully saturated rings. The van der Waals surface area contributed by atoms with Gasteiger partial charge < -0.3 is 15.5 Å². The number of hydrogen-bond donors (Lipinski definition) is 3. The first-order valence-electron chi connectivity index (χ1n) is 29.6. The van der Waals surface area contributed by atoms with Gasteiger partial charge in [0.2, 0.25) is 5.91 Å². The van der Waals surface area contributed by atoms with Crippen molar-refractivity contribution in [2.24, 2.45) is 0 Å². The van der Waals surface area contributed by atoms with Crippen LogP contribution in [0.3, 0.4) is 0 Å². The van der Waals surface area contributed by atoms with Crippen LogP contribution in [0.5, 0.6) is 0 Å². The van der Waals surface area contributed by atoms with Gasteiger partial charge in [0.15, 0.2) is 0 Å². The molecule has 0 radical (unpaired) electrons. The van der Waals surface area contributed by atoms with Crippen molar-refractivity contribution in [3.05, 3.63) is 109 Å². The minimum Gasteiger partial charge on any atom is -0.394 e. The van der Waals surface area contributed by atoms with Crippen molar-refractivity contribution in [3.63, 3.8) is 0 Å². The zero-order chi connectivity index (χ0) is 49.9. The monoisotopic (exact) mass is 956 g/mol. The lowest BCUT2D eigenvalue weighted by molar-refractivity contribution is -0.123. The van der Waals surface area contributed by atoms with Gasteiger partial charge in [-0.05, 0) is 83.5 Å². The average Bonchev–Trinajstić information content (AvgIpc) is 3.35. The van der Waals surface area contributed by atoms with Gasteiger partial charge in [-0.25, -0.2) is 0 Å². The van der Waals surface area contributed by atoms with Crippen molar-refractivity contribution in [2.45, 2.75) is 289 Å². The molecule has 1 amide bonds. The largest absolute Gasteiger partial charge is 0.394 e. The number of amides is 1. The van der Waals surface area contributed by atoms with E-state index < -0.39 is 12.1 Å². The Bertz CT molecular complexity index is 1310. The first-order chi connectivity index (χ1) is 34.2. The first-order valence-corrected chi connectivity index (χ1v) is 29.6. The van der Waals surface area contributed by atoms with E-state index in [1.807, 2.05) is 0 Å². The molecule has 4 heteroatoms. The number of carbonyl (C=O) groups is 1. The van der Waals surface area contributed by atoms with E-state index >= 15 is 0 Å². The standard InChI is InChI=1S/C65H113NO3/c1-3-5-7-9-11-13-15-17-19-21-22-23-24-25-26-27-28-29-30-31-32-33-34-35-36-37-38-39-40-41-42-43-44-45-47-49-51-53-55-57-59-61-65(69)66-63(62-67)64(68)60-58-56-54-52-50-48-46-20-18-16-14-12-10-8-6-4-2/h5,7,11,13,17,19,22-23,25-26,28-29,31-32,34-35,37-38,63-64,67-68H,3-4,6,8-10,12,14-16,18,20-21,24,27,30,33,36,39-62H2,1-2H3,(H,66,69)/b7-5-,13-11-,19-17-,23-22-,26-25-,29-28-,32-31-,35-34-,38-37-. The van der Waals surface area contributed by atoms with Crippen molar-refractivity contribution in [1.29, 1.82) is 0 Å². The molecule has 69 heavy (non-hydrogen) atoms. The second-order valence-corrected chi connectivity index (χ2v) is 19.7. The molecule has 0 bridgehead atoms. The number of hydrogen-bond acceptors (Lipinski definition) is 3. The van der Waals surface area contributed by atoms with Gasteiger partial charge in [0, 0.05) is 6.42 Å². The summed E-state index contributed by atoms with van der Waals surface area (Å²) in [6, 6.07) is -0.542. The fourth-order valence-electron chi connectivity index (χ4n) is 8.59. The Hall–Kier alpha value is -2.95. The summed E-state index contributed by atoms with van der Waals surface area (Å²) in [6.45, 7) is 4.25. The lowest BCUT2D eigenvalue weighted by Crippen LogP contribution is -2.45. The summed E-state index contributed by atoms with van der Waals surface area (Å²) in [4.78, 5) is 12.5. The van der Waals surface area contributed by atoms with Gasteiger partial charge >= 0.3 is 0 Å². The predicted molar refractivity (Wildman–Crippen MR) is 308 cm³/mol. The van der Waals surface area contributed by atoms with Crippen molar-refractivity contribution in [3.8, 4) is 0 Å². The summed E-state index contributed by atoms with van der Waals surface area (Å²) in [6.07, 6.45) is 89.4. The third-order valence-corrected chi connectivity index (χ3v) is 13.0. The summed E-state index contributed by atoms with van der Waals surface area (Å²) in [5.41, 5.74) is 0. The number of rotatable bonds is 53. The van der Waals surface area contributed by atoms with Crippen LogP contribution in [0, 0.1) is 0 Å². The highest BCUT2D eigenvalue weighted by Gasteiger charge is 2.20. The van der Waals surface area contributed by atoms with Crippen molar-refractivity contribution in [1.82, 2.24) is 5.32 Å². The third-order valence-electron chi connectivity index (χ3n) is 13.0. The number of aliphatic hydroxyl groups excluding tert-OH is 2. The second-order valence-electron chi connectivity index (χ2n) is 19.7. The first kappa shape index (κ1) is 66.0. The van der Waals surface area contributed by atoms with Gasteiger partial charge in [0.1, 0.15) is 0 Å². The zero-order valence-corrected chi connectivity index (χ0v) is 45.5. The molecule has 3 N–H and O–H groups in total. The van der Waals surface area contributed by atoms with E-state index in [0.29, 0.717) is 12.8 Å². The molecular formula is C65H113NO3. The SMILES string of the molecule is CC/C=C\C/C=C\C/C=C\C/C=C\C/C=C\C/C=C\C/C=C\C/C=C\C/C=C\CCCCCCCCCCCCCCCC(=O)NC(CO)C(O)CCCCCCCCCCCCCCCCCC. The minimum atomic E-state index is -0.665. The normalized spacial score (nSPS) is 13.6. The molecule has 0 heterocycles. The molecule has 0 saturated heterocycles. The van der Waals surface area contributed by atoms with E-state index in [4.69, 9.17) is 0 Å². The molecule has 2 unspecified atom stereocenters. The van der Waals surface area contributed by atoms with Gasteiger partial charge in [-0.1, -0.05) is 297 Å². The van der Waals surface area contributed by atoms with Crippen molar-refractivity contribution < 1.29 is 15.0 Å². The fourth-order valence-corrected chi connectivity index (χ4v) is 8.59. The number of allylic oxidation sites excluding steroid dienone is 18. The maximum atomic E-state index is 12.5. The van der Waals surface area contributed by atoms with Gasteiger partial charge in [0.05, 0.1) is 18.8 Å². The molecule has 0 aromatic heterocycles. The molecule has 0 aliphatic heterocycles. The number of nitrogens with one attached hydrogen (secondary N) is 1. The van der Waals surface area contributed by atoms with E-state index in [0.717, 1.165) is 83.5 Å². The molecule has 0 aromatic rings. The van der Waals surface area contributed by atoms with Gasteiger partial charge in [-0.3, -0.25) is 4.79 Å². The second kappa shape index (κ2) is 59.4. The Kier molecular flexibility index (Phi) is 56.8. The smallest absolute Gasteiger partial charge is 0.220 e. The Morgan fingerprint density at radius 2 is 0.638 bits per heavy atom. The maximum Gasteiger partial charge on any atom is 0.220 e. The Morgan fingerprint density at radius 1 is 0.362 bits per heavy atom. The van der Waals surface area contributed by atoms with Crippen LogP contribution in [0.1, 0.15) is 277 Å². The molecule has 0 aliphatic carbocycles. The lowest BCUT2D eigenvalue weighted by atomic mass is 10.0. The summed E-state index contributed by atoms with van der Waals surface area (Å²) < 4.78 is 0. The predicted octanol–water partition coefficient (Wildman–Crippen LogP) is 19.9. The van der Waals surface area contributed by atoms with Gasteiger partial charge in [0.25, 0.3) is 0 Å². The molecule has 0 aromatic carbocycles. The Labute approximate surface area is 429 Å². The summed E-state index contributed by atoms with van der Waals surface area (Å²) in [7, 11) is 0. The van der Waals surface area contributed by atoms with Crippen LogP contribution in [0.25, 0.3) is 0 Å². The van der Waals surface area contributed by atoms with E-state index in [-0.39, 0.29) is 12.5 Å². The molecule has 0 aliphatic rings. The highest BCUT2D eigenvalue weighted by Crippen LogP contribution is 2.17. The molecule has 0 rings (SSSR count). The highest BCUT2D eigenvalue weighted by atomic mass is 16.3. The molecule has 396 valence electrons. The highest BCUT2D eigenvalue weighted by molar-refractivity contribution is 5.76. The number of carbonyl (C=O) groups excluding carboxylic acids is 1. The zero-order valence-electron chi connectivity index (χ0n) is 45.5. The summed E-state index contributed by atoms with van der Waals surface area (Å²) >= 11 is 0.